The van der Waals surface area contributed by atoms with E-state index in [4.69, 9.17) is 11.5 Å². The minimum Gasteiger partial charge on any atom is -0.399 e. The summed E-state index contributed by atoms with van der Waals surface area (Å²) in [6, 6.07) is 5.43. The van der Waals surface area contributed by atoms with E-state index < -0.39 is 29.4 Å². The van der Waals surface area contributed by atoms with E-state index in [0.717, 1.165) is 6.08 Å². The number of alkyl halides is 6. The average molecular weight is 322 g/mol. The number of benzene rings is 1. The van der Waals surface area contributed by atoms with Gasteiger partial charge in [-0.25, -0.2) is 0 Å². The van der Waals surface area contributed by atoms with Gasteiger partial charge in [0.15, 0.2) is 5.54 Å². The smallest absolute Gasteiger partial charge is 0.399 e. The number of anilines is 1. The van der Waals surface area contributed by atoms with Gasteiger partial charge in [-0.3, -0.25) is 0 Å². The van der Waals surface area contributed by atoms with Crippen LogP contribution >= 0.6 is 0 Å². The van der Waals surface area contributed by atoms with Gasteiger partial charge in [-0.15, -0.1) is 0 Å². The number of nitrogens with two attached hydrogens (primary N) is 2. The second-order valence-corrected chi connectivity index (χ2v) is 5.03. The Morgan fingerprint density at radius 2 is 1.50 bits per heavy atom. The van der Waals surface area contributed by atoms with Crippen LogP contribution in [0.2, 0.25) is 0 Å². The van der Waals surface area contributed by atoms with E-state index in [9.17, 15) is 26.3 Å². The predicted octanol–water partition coefficient (Wildman–Crippen LogP) is 3.67. The Kier molecular flexibility index (Phi) is 3.76. The third-order valence-corrected chi connectivity index (χ3v) is 3.41. The van der Waals surface area contributed by atoms with Crippen LogP contribution in [0.4, 0.5) is 32.0 Å². The van der Waals surface area contributed by atoms with Crippen molar-refractivity contribution in [1.29, 1.82) is 0 Å². The molecule has 2 atom stereocenters. The van der Waals surface area contributed by atoms with Gasteiger partial charge in [-0.2, -0.15) is 26.3 Å². The van der Waals surface area contributed by atoms with Crippen LogP contribution in [0, 0.1) is 0 Å². The summed E-state index contributed by atoms with van der Waals surface area (Å²) in [5, 5.41) is 0. The second-order valence-electron chi connectivity index (χ2n) is 5.03. The predicted molar refractivity (Wildman–Crippen MR) is 69.8 cm³/mol. The van der Waals surface area contributed by atoms with Crippen LogP contribution in [-0.2, 0) is 0 Å². The summed E-state index contributed by atoms with van der Waals surface area (Å²) in [5.74, 6) is -1.36. The fourth-order valence-electron chi connectivity index (χ4n) is 2.18. The van der Waals surface area contributed by atoms with Crippen molar-refractivity contribution in [1.82, 2.24) is 0 Å². The van der Waals surface area contributed by atoms with E-state index >= 15 is 0 Å². The van der Waals surface area contributed by atoms with Crippen molar-refractivity contribution in [2.45, 2.75) is 23.8 Å². The SMILES string of the molecule is Nc1ccc(C2C=CC(N)(C(F)(F)F)C=C2C(F)(F)F)cc1. The number of allylic oxidation sites excluding steroid dienone is 2. The molecule has 0 heterocycles. The lowest BCUT2D eigenvalue weighted by Gasteiger charge is -2.33. The molecule has 22 heavy (non-hydrogen) atoms. The van der Waals surface area contributed by atoms with Crippen molar-refractivity contribution in [2.75, 3.05) is 5.73 Å². The van der Waals surface area contributed by atoms with Gasteiger partial charge in [0.25, 0.3) is 0 Å². The molecule has 0 bridgehead atoms. The Morgan fingerprint density at radius 3 is 1.95 bits per heavy atom. The summed E-state index contributed by atoms with van der Waals surface area (Å²) in [6.07, 6.45) is -8.56. The molecule has 1 aromatic carbocycles. The quantitative estimate of drug-likeness (QED) is 0.471. The molecule has 0 amide bonds. The Morgan fingerprint density at radius 1 is 0.955 bits per heavy atom. The minimum absolute atomic E-state index is 0.0357. The molecule has 0 radical (unpaired) electrons. The van der Waals surface area contributed by atoms with Crippen LogP contribution in [0.15, 0.2) is 48.1 Å². The highest BCUT2D eigenvalue weighted by Gasteiger charge is 2.53. The van der Waals surface area contributed by atoms with Crippen molar-refractivity contribution in [3.63, 3.8) is 0 Å². The highest BCUT2D eigenvalue weighted by atomic mass is 19.4. The summed E-state index contributed by atoms with van der Waals surface area (Å²) in [4.78, 5) is 0. The van der Waals surface area contributed by atoms with E-state index in [1.807, 2.05) is 0 Å². The van der Waals surface area contributed by atoms with Crippen molar-refractivity contribution in [3.8, 4) is 0 Å². The van der Waals surface area contributed by atoms with Crippen LogP contribution in [0.1, 0.15) is 11.5 Å². The molecule has 0 spiro atoms. The highest BCUT2D eigenvalue weighted by molar-refractivity contribution is 5.48. The molecule has 0 saturated carbocycles. The molecule has 0 aliphatic heterocycles. The first-order valence-electron chi connectivity index (χ1n) is 6.14. The Bertz CT molecular complexity index is 612. The van der Waals surface area contributed by atoms with Crippen LogP contribution in [-0.4, -0.2) is 17.9 Å². The molecule has 4 N–H and O–H groups in total. The zero-order valence-electron chi connectivity index (χ0n) is 11.0. The second kappa shape index (κ2) is 5.05. The molecule has 120 valence electrons. The van der Waals surface area contributed by atoms with Gasteiger partial charge >= 0.3 is 12.4 Å². The summed E-state index contributed by atoms with van der Waals surface area (Å²) < 4.78 is 78.0. The lowest BCUT2D eigenvalue weighted by molar-refractivity contribution is -0.160. The Labute approximate surface area is 122 Å². The van der Waals surface area contributed by atoms with Crippen LogP contribution < -0.4 is 11.5 Å². The topological polar surface area (TPSA) is 52.0 Å². The van der Waals surface area contributed by atoms with Gasteiger partial charge in [0, 0.05) is 17.2 Å². The molecule has 2 rings (SSSR count). The standard InChI is InChI=1S/C14H12F6N2/c15-13(16,17)11-7-12(22,14(18,19)20)6-5-10(11)8-1-3-9(21)4-2-8/h1-7,10H,21-22H2. The third kappa shape index (κ3) is 2.96. The van der Waals surface area contributed by atoms with Gasteiger partial charge in [-0.1, -0.05) is 24.3 Å². The van der Waals surface area contributed by atoms with Crippen LogP contribution in [0.5, 0.6) is 0 Å². The highest BCUT2D eigenvalue weighted by Crippen LogP contribution is 2.45. The van der Waals surface area contributed by atoms with Crippen molar-refractivity contribution in [3.05, 3.63) is 53.6 Å². The molecule has 1 aliphatic carbocycles. The van der Waals surface area contributed by atoms with Gasteiger partial charge in [-0.05, 0) is 23.8 Å². The maximum Gasteiger partial charge on any atom is 0.413 e. The van der Waals surface area contributed by atoms with Gasteiger partial charge in [0.2, 0.25) is 0 Å². The Hall–Kier alpha value is -1.96. The molecule has 2 nitrogen and oxygen atoms in total. The van der Waals surface area contributed by atoms with Gasteiger partial charge in [0.1, 0.15) is 0 Å². The molecular weight excluding hydrogens is 310 g/mol. The van der Waals surface area contributed by atoms with E-state index in [0.29, 0.717) is 11.8 Å². The molecule has 0 fully saturated rings. The molecule has 2 unspecified atom stereocenters. The van der Waals surface area contributed by atoms with Crippen molar-refractivity contribution < 1.29 is 26.3 Å². The molecule has 1 aliphatic rings. The zero-order valence-corrected chi connectivity index (χ0v) is 11.0. The summed E-state index contributed by atoms with van der Waals surface area (Å²) in [5.41, 5.74) is 6.56. The lowest BCUT2D eigenvalue weighted by Crippen LogP contribution is -2.52. The van der Waals surface area contributed by atoms with E-state index in [1.165, 1.54) is 24.3 Å². The molecule has 8 heteroatoms. The first kappa shape index (κ1) is 16.4. The maximum absolute atomic E-state index is 13.1. The lowest BCUT2D eigenvalue weighted by atomic mass is 9.80. The summed E-state index contributed by atoms with van der Waals surface area (Å²) >= 11 is 0. The number of nitrogen functional groups attached to an aromatic ring is 1. The third-order valence-electron chi connectivity index (χ3n) is 3.41. The van der Waals surface area contributed by atoms with E-state index in [2.05, 4.69) is 0 Å². The van der Waals surface area contributed by atoms with Crippen LogP contribution in [0.25, 0.3) is 0 Å². The number of hydrogen-bond donors (Lipinski definition) is 2. The van der Waals surface area contributed by atoms with E-state index in [-0.39, 0.29) is 11.6 Å². The number of halogens is 6. The maximum atomic E-state index is 13.1. The van der Waals surface area contributed by atoms with Crippen molar-refractivity contribution >= 4 is 5.69 Å². The van der Waals surface area contributed by atoms with Gasteiger partial charge < -0.3 is 11.5 Å². The van der Waals surface area contributed by atoms with Crippen molar-refractivity contribution in [2.24, 2.45) is 5.73 Å². The zero-order chi connectivity index (χ0) is 16.8. The van der Waals surface area contributed by atoms with E-state index in [1.54, 1.807) is 0 Å². The molecular formula is C14H12F6N2. The Balaban J connectivity index is 2.52. The fourth-order valence-corrected chi connectivity index (χ4v) is 2.18. The fraction of sp³-hybridized carbons (Fsp3) is 0.286. The normalized spacial score (nSPS) is 26.0. The summed E-state index contributed by atoms with van der Waals surface area (Å²) in [7, 11) is 0. The van der Waals surface area contributed by atoms with Crippen LogP contribution in [0.3, 0.4) is 0 Å². The molecule has 0 saturated heterocycles. The van der Waals surface area contributed by atoms with Gasteiger partial charge in [0.05, 0.1) is 0 Å². The average Bonchev–Trinajstić information content (AvgIpc) is 2.37. The monoisotopic (exact) mass is 322 g/mol. The molecule has 0 aromatic heterocycles. The first-order chi connectivity index (χ1) is 9.94. The first-order valence-corrected chi connectivity index (χ1v) is 6.14. The number of rotatable bonds is 1. The minimum atomic E-state index is -5.02. The number of hydrogen-bond acceptors (Lipinski definition) is 2. The molecule has 1 aromatic rings. The summed E-state index contributed by atoms with van der Waals surface area (Å²) in [6.45, 7) is 0. The largest absolute Gasteiger partial charge is 0.413 e.